The van der Waals surface area contributed by atoms with Gasteiger partial charge in [0, 0.05) is 22.4 Å². The molecule has 6 nitrogen and oxygen atoms in total. The quantitative estimate of drug-likeness (QED) is 0.767. The van der Waals surface area contributed by atoms with Gasteiger partial charge in [0.05, 0.1) is 5.39 Å². The van der Waals surface area contributed by atoms with E-state index in [2.05, 4.69) is 10.3 Å². The van der Waals surface area contributed by atoms with E-state index in [0.717, 1.165) is 29.8 Å². The molecule has 2 aromatic heterocycles. The number of carbonyl (C=O) groups excluding carboxylic acids is 1. The van der Waals surface area contributed by atoms with E-state index in [4.69, 9.17) is 11.6 Å². The Morgan fingerprint density at radius 1 is 1.27 bits per heavy atom. The molecule has 1 aliphatic carbocycles. The Morgan fingerprint density at radius 2 is 1.96 bits per heavy atom. The normalized spacial score (nSPS) is 14.0. The van der Waals surface area contributed by atoms with Crippen LogP contribution in [-0.4, -0.2) is 26.1 Å². The minimum absolute atomic E-state index is 0.0110. The number of rotatable bonds is 4. The Labute approximate surface area is 155 Å². The summed E-state index contributed by atoms with van der Waals surface area (Å²) in [7, 11) is 0. The molecule has 0 unspecified atom stereocenters. The van der Waals surface area contributed by atoms with Gasteiger partial charge in [-0.2, -0.15) is 0 Å². The second-order valence-corrected chi connectivity index (χ2v) is 7.18. The summed E-state index contributed by atoms with van der Waals surface area (Å²) >= 11 is 5.98. The van der Waals surface area contributed by atoms with Gasteiger partial charge < -0.3 is 5.32 Å². The first-order valence-electron chi connectivity index (χ1n) is 8.58. The predicted octanol–water partition coefficient (Wildman–Crippen LogP) is 2.74. The topological polar surface area (TPSA) is 68.9 Å². The molecule has 0 spiro atoms. The van der Waals surface area contributed by atoms with Crippen LogP contribution < -0.4 is 10.9 Å². The Kier molecular flexibility index (Phi) is 4.07. The largest absolute Gasteiger partial charge is 0.352 e. The fourth-order valence-corrected chi connectivity index (χ4v) is 3.29. The van der Waals surface area contributed by atoms with Crippen LogP contribution in [0.4, 0.5) is 0 Å². The lowest BCUT2D eigenvalue weighted by Gasteiger charge is -2.09. The van der Waals surface area contributed by atoms with E-state index >= 15 is 0 Å². The molecular formula is C19H19ClN4O2. The Hall–Kier alpha value is -2.60. The van der Waals surface area contributed by atoms with Crippen molar-refractivity contribution >= 4 is 28.5 Å². The molecule has 0 saturated heterocycles. The fourth-order valence-electron chi connectivity index (χ4n) is 3.16. The van der Waals surface area contributed by atoms with Crippen molar-refractivity contribution in [1.29, 1.82) is 0 Å². The summed E-state index contributed by atoms with van der Waals surface area (Å²) in [6.07, 6.45) is 3.47. The monoisotopic (exact) mass is 370 g/mol. The standard InChI is InChI=1S/C19H19ClN4O2/c1-11-12(2)24(15-7-3-13(20)4-8-15)18-17(11)19(26)23(10-21-18)9-16(25)22-14-5-6-14/h3-4,7-8,10,14H,5-6,9H2,1-2H3,(H,22,25). The molecule has 7 heteroatoms. The number of aryl methyl sites for hydroxylation is 1. The maximum atomic E-state index is 12.9. The molecule has 1 aliphatic rings. The zero-order chi connectivity index (χ0) is 18.4. The number of benzene rings is 1. The molecule has 26 heavy (non-hydrogen) atoms. The predicted molar refractivity (Wildman–Crippen MR) is 101 cm³/mol. The molecule has 1 N–H and O–H groups in total. The van der Waals surface area contributed by atoms with Crippen molar-refractivity contribution in [3.63, 3.8) is 0 Å². The summed E-state index contributed by atoms with van der Waals surface area (Å²) in [6.45, 7) is 3.85. The SMILES string of the molecule is Cc1c(C)n(-c2ccc(Cl)cc2)c2ncn(CC(=O)NC3CC3)c(=O)c12. The van der Waals surface area contributed by atoms with Crippen LogP contribution >= 0.6 is 11.6 Å². The van der Waals surface area contributed by atoms with E-state index in [1.54, 1.807) is 12.1 Å². The van der Waals surface area contributed by atoms with Crippen LogP contribution in [0.15, 0.2) is 35.4 Å². The number of nitrogens with zero attached hydrogens (tertiary/aromatic N) is 3. The van der Waals surface area contributed by atoms with Crippen LogP contribution in [0.25, 0.3) is 16.7 Å². The average Bonchev–Trinajstić information content (AvgIpc) is 3.38. The molecule has 134 valence electrons. The number of fused-ring (bicyclic) bond motifs is 1. The van der Waals surface area contributed by atoms with Crippen LogP contribution in [0.2, 0.25) is 5.02 Å². The third kappa shape index (κ3) is 2.90. The van der Waals surface area contributed by atoms with Gasteiger partial charge in [0.2, 0.25) is 5.91 Å². The Bertz CT molecular complexity index is 1060. The summed E-state index contributed by atoms with van der Waals surface area (Å²) in [5, 5.41) is 4.09. The van der Waals surface area contributed by atoms with Crippen molar-refractivity contribution in [2.75, 3.05) is 0 Å². The zero-order valence-corrected chi connectivity index (χ0v) is 15.4. The van der Waals surface area contributed by atoms with Gasteiger partial charge in [0.15, 0.2) is 5.65 Å². The van der Waals surface area contributed by atoms with E-state index in [0.29, 0.717) is 16.1 Å². The Morgan fingerprint density at radius 3 is 2.62 bits per heavy atom. The number of aromatic nitrogens is 3. The van der Waals surface area contributed by atoms with Gasteiger partial charge in [-0.1, -0.05) is 11.6 Å². The minimum Gasteiger partial charge on any atom is -0.352 e. The van der Waals surface area contributed by atoms with Crippen LogP contribution in [0.1, 0.15) is 24.1 Å². The molecule has 0 aliphatic heterocycles. The average molecular weight is 371 g/mol. The lowest BCUT2D eigenvalue weighted by molar-refractivity contribution is -0.121. The molecule has 0 atom stereocenters. The van der Waals surface area contributed by atoms with E-state index in [-0.39, 0.29) is 24.1 Å². The summed E-state index contributed by atoms with van der Waals surface area (Å²) in [6, 6.07) is 7.67. The molecule has 4 rings (SSSR count). The highest BCUT2D eigenvalue weighted by molar-refractivity contribution is 6.30. The molecule has 1 fully saturated rings. The van der Waals surface area contributed by atoms with Crippen molar-refractivity contribution in [3.05, 3.63) is 57.2 Å². The maximum Gasteiger partial charge on any atom is 0.263 e. The fraction of sp³-hybridized carbons (Fsp3) is 0.316. The summed E-state index contributed by atoms with van der Waals surface area (Å²) in [5.74, 6) is -0.151. The van der Waals surface area contributed by atoms with Crippen molar-refractivity contribution in [1.82, 2.24) is 19.4 Å². The second kappa shape index (κ2) is 6.29. The number of nitrogens with one attached hydrogen (secondary N) is 1. The van der Waals surface area contributed by atoms with Crippen molar-refractivity contribution in [3.8, 4) is 5.69 Å². The first-order valence-corrected chi connectivity index (χ1v) is 8.96. The lowest BCUT2D eigenvalue weighted by Crippen LogP contribution is -2.33. The highest BCUT2D eigenvalue weighted by atomic mass is 35.5. The minimum atomic E-state index is -0.200. The van der Waals surface area contributed by atoms with Gasteiger partial charge in [0.1, 0.15) is 12.9 Å². The number of hydrogen-bond donors (Lipinski definition) is 1. The Balaban J connectivity index is 1.80. The van der Waals surface area contributed by atoms with Crippen LogP contribution in [0.5, 0.6) is 0 Å². The molecule has 0 bridgehead atoms. The summed E-state index contributed by atoms with van der Waals surface area (Å²) in [4.78, 5) is 29.5. The van der Waals surface area contributed by atoms with E-state index in [9.17, 15) is 9.59 Å². The molecule has 0 radical (unpaired) electrons. The van der Waals surface area contributed by atoms with Gasteiger partial charge in [-0.15, -0.1) is 0 Å². The van der Waals surface area contributed by atoms with E-state index in [1.807, 2.05) is 30.5 Å². The highest BCUT2D eigenvalue weighted by Gasteiger charge is 2.24. The van der Waals surface area contributed by atoms with Gasteiger partial charge in [-0.3, -0.25) is 18.7 Å². The maximum absolute atomic E-state index is 12.9. The molecule has 1 amide bonds. The summed E-state index contributed by atoms with van der Waals surface area (Å²) < 4.78 is 3.32. The second-order valence-electron chi connectivity index (χ2n) is 6.74. The van der Waals surface area contributed by atoms with Crippen molar-refractivity contribution in [2.24, 2.45) is 0 Å². The van der Waals surface area contributed by atoms with E-state index < -0.39 is 0 Å². The first-order chi connectivity index (χ1) is 12.5. The van der Waals surface area contributed by atoms with Crippen molar-refractivity contribution in [2.45, 2.75) is 39.3 Å². The molecule has 3 aromatic rings. The van der Waals surface area contributed by atoms with E-state index in [1.165, 1.54) is 10.9 Å². The molecule has 1 saturated carbocycles. The highest BCUT2D eigenvalue weighted by Crippen LogP contribution is 2.25. The lowest BCUT2D eigenvalue weighted by atomic mass is 10.2. The van der Waals surface area contributed by atoms with Crippen LogP contribution in [-0.2, 0) is 11.3 Å². The summed E-state index contributed by atoms with van der Waals surface area (Å²) in [5.41, 5.74) is 3.08. The molecule has 2 heterocycles. The third-order valence-electron chi connectivity index (χ3n) is 4.82. The number of halogens is 1. The zero-order valence-electron chi connectivity index (χ0n) is 14.6. The van der Waals surface area contributed by atoms with Gasteiger partial charge in [-0.25, -0.2) is 4.98 Å². The smallest absolute Gasteiger partial charge is 0.263 e. The van der Waals surface area contributed by atoms with Gasteiger partial charge in [0.25, 0.3) is 5.56 Å². The number of carbonyl (C=O) groups is 1. The first kappa shape index (κ1) is 16.8. The molecular weight excluding hydrogens is 352 g/mol. The van der Waals surface area contributed by atoms with Gasteiger partial charge >= 0.3 is 0 Å². The van der Waals surface area contributed by atoms with Crippen molar-refractivity contribution < 1.29 is 4.79 Å². The number of hydrogen-bond acceptors (Lipinski definition) is 3. The third-order valence-corrected chi connectivity index (χ3v) is 5.08. The van der Waals surface area contributed by atoms with Crippen LogP contribution in [0, 0.1) is 13.8 Å². The van der Waals surface area contributed by atoms with Crippen LogP contribution in [0.3, 0.4) is 0 Å². The van der Waals surface area contributed by atoms with Gasteiger partial charge in [-0.05, 0) is 56.5 Å². The molecule has 1 aromatic carbocycles. The number of amides is 1.